The maximum atomic E-state index is 11.5. The van der Waals surface area contributed by atoms with Crippen LogP contribution >= 0.6 is 11.6 Å². The van der Waals surface area contributed by atoms with Gasteiger partial charge in [-0.25, -0.2) is 0 Å². The molecule has 1 amide bonds. The Morgan fingerprint density at radius 1 is 1.50 bits per heavy atom. The standard InChI is InChI=1S/C13H19ClN2O2/c1-13(2,15)9-16-12(17)6-7-18-11-5-3-4-10(14)8-11/h3-5,8H,6-7,9,15H2,1-2H3,(H,16,17). The van der Waals surface area contributed by atoms with Crippen LogP contribution in [0.25, 0.3) is 0 Å². The number of carbonyl (C=O) groups is 1. The maximum absolute atomic E-state index is 11.5. The van der Waals surface area contributed by atoms with Crippen molar-refractivity contribution >= 4 is 17.5 Å². The lowest BCUT2D eigenvalue weighted by atomic mass is 10.1. The van der Waals surface area contributed by atoms with Gasteiger partial charge < -0.3 is 15.8 Å². The minimum absolute atomic E-state index is 0.0736. The van der Waals surface area contributed by atoms with E-state index >= 15 is 0 Å². The Kier molecular flexibility index (Phi) is 5.44. The summed E-state index contributed by atoms with van der Waals surface area (Å²) >= 11 is 5.81. The monoisotopic (exact) mass is 270 g/mol. The van der Waals surface area contributed by atoms with Crippen molar-refractivity contribution in [3.8, 4) is 5.75 Å². The number of hydrogen-bond donors (Lipinski definition) is 2. The van der Waals surface area contributed by atoms with Crippen LogP contribution in [0.4, 0.5) is 0 Å². The number of carbonyl (C=O) groups excluding carboxylic acids is 1. The topological polar surface area (TPSA) is 64.3 Å². The molecule has 4 nitrogen and oxygen atoms in total. The van der Waals surface area contributed by atoms with Crippen LogP contribution in [0.3, 0.4) is 0 Å². The van der Waals surface area contributed by atoms with Gasteiger partial charge in [0.25, 0.3) is 0 Å². The van der Waals surface area contributed by atoms with Gasteiger partial charge >= 0.3 is 0 Å². The molecule has 0 aliphatic carbocycles. The molecule has 1 aromatic carbocycles. The zero-order valence-electron chi connectivity index (χ0n) is 10.7. The number of hydrogen-bond acceptors (Lipinski definition) is 3. The van der Waals surface area contributed by atoms with Gasteiger partial charge in [-0.15, -0.1) is 0 Å². The number of benzene rings is 1. The first-order chi connectivity index (χ1) is 8.37. The van der Waals surface area contributed by atoms with E-state index < -0.39 is 5.54 Å². The van der Waals surface area contributed by atoms with Crippen molar-refractivity contribution in [2.45, 2.75) is 25.8 Å². The molecule has 0 saturated carbocycles. The molecule has 0 spiro atoms. The van der Waals surface area contributed by atoms with Crippen LogP contribution in [0.15, 0.2) is 24.3 Å². The number of ether oxygens (including phenoxy) is 1. The second-order valence-corrected chi connectivity index (χ2v) is 5.26. The second-order valence-electron chi connectivity index (χ2n) is 4.82. The average Bonchev–Trinajstić information content (AvgIpc) is 2.25. The number of rotatable bonds is 6. The van der Waals surface area contributed by atoms with E-state index in [0.29, 0.717) is 30.3 Å². The number of halogens is 1. The smallest absolute Gasteiger partial charge is 0.223 e. The SMILES string of the molecule is CC(C)(N)CNC(=O)CCOc1cccc(Cl)c1. The molecule has 0 saturated heterocycles. The van der Waals surface area contributed by atoms with Crippen molar-refractivity contribution in [1.29, 1.82) is 0 Å². The van der Waals surface area contributed by atoms with E-state index in [2.05, 4.69) is 5.32 Å². The number of amides is 1. The maximum Gasteiger partial charge on any atom is 0.223 e. The van der Waals surface area contributed by atoms with Gasteiger partial charge in [-0.3, -0.25) is 4.79 Å². The molecular formula is C13H19ClN2O2. The Labute approximate surface area is 112 Å². The van der Waals surface area contributed by atoms with E-state index in [0.717, 1.165) is 0 Å². The fourth-order valence-corrected chi connectivity index (χ4v) is 1.41. The zero-order chi connectivity index (χ0) is 13.6. The van der Waals surface area contributed by atoms with Gasteiger partial charge in [0.05, 0.1) is 13.0 Å². The molecule has 0 radical (unpaired) electrons. The van der Waals surface area contributed by atoms with Crippen LogP contribution in [0, 0.1) is 0 Å². The molecular weight excluding hydrogens is 252 g/mol. The van der Waals surface area contributed by atoms with Gasteiger partial charge in [0.2, 0.25) is 5.91 Å². The molecule has 5 heteroatoms. The second kappa shape index (κ2) is 6.61. The lowest BCUT2D eigenvalue weighted by Crippen LogP contribution is -2.45. The van der Waals surface area contributed by atoms with Gasteiger partial charge in [0.15, 0.2) is 0 Å². The van der Waals surface area contributed by atoms with E-state index in [1.807, 2.05) is 13.8 Å². The highest BCUT2D eigenvalue weighted by Gasteiger charge is 2.11. The molecule has 0 fully saturated rings. The van der Waals surface area contributed by atoms with Gasteiger partial charge in [0, 0.05) is 17.1 Å². The van der Waals surface area contributed by atoms with Crippen molar-refractivity contribution in [1.82, 2.24) is 5.32 Å². The van der Waals surface area contributed by atoms with E-state index in [-0.39, 0.29) is 5.91 Å². The van der Waals surface area contributed by atoms with Crippen LogP contribution < -0.4 is 15.8 Å². The summed E-state index contributed by atoms with van der Waals surface area (Å²) in [5.74, 6) is 0.588. The molecule has 3 N–H and O–H groups in total. The third-order valence-electron chi connectivity index (χ3n) is 2.14. The van der Waals surface area contributed by atoms with Gasteiger partial charge in [-0.1, -0.05) is 17.7 Å². The molecule has 0 aliphatic heterocycles. The lowest BCUT2D eigenvalue weighted by molar-refractivity contribution is -0.121. The predicted octanol–water partition coefficient (Wildman–Crippen LogP) is 1.96. The fraction of sp³-hybridized carbons (Fsp3) is 0.462. The summed E-state index contributed by atoms with van der Waals surface area (Å²) in [6.07, 6.45) is 0.294. The van der Waals surface area contributed by atoms with Crippen molar-refractivity contribution in [2.24, 2.45) is 5.73 Å². The van der Waals surface area contributed by atoms with Gasteiger partial charge in [-0.05, 0) is 32.0 Å². The van der Waals surface area contributed by atoms with Crippen LogP contribution in [0.1, 0.15) is 20.3 Å². The first kappa shape index (κ1) is 14.8. The van der Waals surface area contributed by atoms with Crippen LogP contribution in [0.2, 0.25) is 5.02 Å². The molecule has 0 unspecified atom stereocenters. The minimum atomic E-state index is -0.399. The van der Waals surface area contributed by atoms with E-state index in [4.69, 9.17) is 22.1 Å². The average molecular weight is 271 g/mol. The first-order valence-electron chi connectivity index (χ1n) is 5.81. The van der Waals surface area contributed by atoms with Crippen LogP contribution in [0.5, 0.6) is 5.75 Å². The Bertz CT molecular complexity index is 402. The highest BCUT2D eigenvalue weighted by molar-refractivity contribution is 6.30. The fourth-order valence-electron chi connectivity index (χ4n) is 1.23. The molecule has 18 heavy (non-hydrogen) atoms. The Morgan fingerprint density at radius 3 is 2.83 bits per heavy atom. The normalized spacial score (nSPS) is 11.1. The molecule has 0 heterocycles. The summed E-state index contributed by atoms with van der Waals surface area (Å²) in [6.45, 7) is 4.48. The van der Waals surface area contributed by atoms with E-state index in [1.54, 1.807) is 24.3 Å². The summed E-state index contributed by atoms with van der Waals surface area (Å²) < 4.78 is 5.41. The van der Waals surface area contributed by atoms with Crippen LogP contribution in [-0.2, 0) is 4.79 Å². The van der Waals surface area contributed by atoms with E-state index in [9.17, 15) is 4.79 Å². The van der Waals surface area contributed by atoms with Crippen molar-refractivity contribution < 1.29 is 9.53 Å². The van der Waals surface area contributed by atoms with Gasteiger partial charge in [-0.2, -0.15) is 0 Å². The molecule has 1 rings (SSSR count). The van der Waals surface area contributed by atoms with Crippen molar-refractivity contribution in [2.75, 3.05) is 13.2 Å². The third kappa shape index (κ3) is 6.47. The van der Waals surface area contributed by atoms with Crippen LogP contribution in [-0.4, -0.2) is 24.6 Å². The number of nitrogens with one attached hydrogen (secondary N) is 1. The largest absolute Gasteiger partial charge is 0.493 e. The first-order valence-corrected chi connectivity index (χ1v) is 6.18. The summed E-state index contributed by atoms with van der Waals surface area (Å²) in [5.41, 5.74) is 5.36. The highest BCUT2D eigenvalue weighted by Crippen LogP contribution is 2.17. The van der Waals surface area contributed by atoms with E-state index in [1.165, 1.54) is 0 Å². The summed E-state index contributed by atoms with van der Waals surface area (Å²) in [7, 11) is 0. The minimum Gasteiger partial charge on any atom is -0.493 e. The zero-order valence-corrected chi connectivity index (χ0v) is 11.5. The lowest BCUT2D eigenvalue weighted by Gasteiger charge is -2.18. The molecule has 0 bridgehead atoms. The third-order valence-corrected chi connectivity index (χ3v) is 2.37. The molecule has 0 aliphatic rings. The van der Waals surface area contributed by atoms with Crippen molar-refractivity contribution in [3.05, 3.63) is 29.3 Å². The Hall–Kier alpha value is -1.26. The predicted molar refractivity (Wildman–Crippen MR) is 72.8 cm³/mol. The van der Waals surface area contributed by atoms with Crippen molar-refractivity contribution in [3.63, 3.8) is 0 Å². The molecule has 0 atom stereocenters. The Balaban J connectivity index is 2.23. The summed E-state index contributed by atoms with van der Waals surface area (Å²) in [5, 5.41) is 3.36. The molecule has 100 valence electrons. The van der Waals surface area contributed by atoms with Gasteiger partial charge in [0.1, 0.15) is 5.75 Å². The Morgan fingerprint density at radius 2 is 2.22 bits per heavy atom. The number of nitrogens with two attached hydrogens (primary N) is 1. The quantitative estimate of drug-likeness (QED) is 0.831. The molecule has 0 aromatic heterocycles. The summed E-state index contributed by atoms with van der Waals surface area (Å²) in [4.78, 5) is 11.5. The molecule has 1 aromatic rings. The summed E-state index contributed by atoms with van der Waals surface area (Å²) in [6, 6.07) is 7.08. The highest BCUT2D eigenvalue weighted by atomic mass is 35.5.